The number of hydrogen-bond acceptors (Lipinski definition) is 2. The molecule has 0 aliphatic heterocycles. The van der Waals surface area contributed by atoms with E-state index in [1.807, 2.05) is 32.0 Å². The van der Waals surface area contributed by atoms with E-state index >= 15 is 0 Å². The summed E-state index contributed by atoms with van der Waals surface area (Å²) in [5.74, 6) is 0. The molecule has 0 saturated heterocycles. The molecule has 0 amide bonds. The van der Waals surface area contributed by atoms with Gasteiger partial charge in [0.05, 0.1) is 12.1 Å². The molecule has 0 fully saturated rings. The Morgan fingerprint density at radius 1 is 1.57 bits per heavy atom. The van der Waals surface area contributed by atoms with E-state index in [2.05, 4.69) is 42.3 Å². The van der Waals surface area contributed by atoms with E-state index in [4.69, 9.17) is 0 Å². The van der Waals surface area contributed by atoms with E-state index in [0.29, 0.717) is 0 Å². The summed E-state index contributed by atoms with van der Waals surface area (Å²) in [6.45, 7) is 4.10. The van der Waals surface area contributed by atoms with Gasteiger partial charge in [-0.15, -0.1) is 0 Å². The first-order valence-electron chi connectivity index (χ1n) is 4.29. The zero-order valence-electron chi connectivity index (χ0n) is 8.14. The minimum atomic E-state index is -0.381. The van der Waals surface area contributed by atoms with Crippen LogP contribution in [0.2, 0.25) is 0 Å². The first-order valence-corrected chi connectivity index (χ1v) is 6.16. The van der Waals surface area contributed by atoms with Gasteiger partial charge in [-0.25, -0.2) is 3.53 Å². The molecule has 4 heteroatoms. The largest absolute Gasteiger partial charge is 0.394 e. The van der Waals surface area contributed by atoms with E-state index in [0.717, 1.165) is 10.0 Å². The van der Waals surface area contributed by atoms with Crippen LogP contribution in [0.1, 0.15) is 18.1 Å². The normalized spacial score (nSPS) is 15.2. The summed E-state index contributed by atoms with van der Waals surface area (Å²) >= 11 is 5.51. The standard InChI is InChI=1S/C10H13BrINO/c1-7-3-4-8(11)5-9(7)10(2,6-14)13-12/h3-5,13-14H,6H2,1-2H3. The first-order chi connectivity index (χ1) is 6.53. The van der Waals surface area contributed by atoms with Crippen LogP contribution >= 0.6 is 38.8 Å². The second kappa shape index (κ2) is 4.92. The average molecular weight is 370 g/mol. The SMILES string of the molecule is Cc1ccc(Br)cc1C(C)(CO)NI. The van der Waals surface area contributed by atoms with Crippen LogP contribution in [0, 0.1) is 6.92 Å². The third-order valence-corrected chi connectivity index (χ3v) is 4.00. The number of aliphatic hydroxyl groups is 1. The quantitative estimate of drug-likeness (QED) is 0.634. The van der Waals surface area contributed by atoms with Gasteiger partial charge in [-0.2, -0.15) is 0 Å². The predicted molar refractivity (Wildman–Crippen MR) is 70.5 cm³/mol. The summed E-state index contributed by atoms with van der Waals surface area (Å²) in [6.07, 6.45) is 0. The van der Waals surface area contributed by atoms with Gasteiger partial charge < -0.3 is 5.11 Å². The topological polar surface area (TPSA) is 32.3 Å². The Morgan fingerprint density at radius 2 is 2.21 bits per heavy atom. The zero-order valence-corrected chi connectivity index (χ0v) is 11.9. The van der Waals surface area contributed by atoms with E-state index in [9.17, 15) is 5.11 Å². The highest BCUT2D eigenvalue weighted by molar-refractivity contribution is 14.1. The van der Waals surface area contributed by atoms with Crippen molar-refractivity contribution in [1.29, 1.82) is 0 Å². The van der Waals surface area contributed by atoms with Gasteiger partial charge in [0.1, 0.15) is 0 Å². The molecule has 0 saturated carbocycles. The molecule has 0 spiro atoms. The van der Waals surface area contributed by atoms with Crippen LogP contribution in [0.4, 0.5) is 0 Å². The van der Waals surface area contributed by atoms with Gasteiger partial charge in [0.15, 0.2) is 0 Å². The highest BCUT2D eigenvalue weighted by Gasteiger charge is 2.26. The van der Waals surface area contributed by atoms with Crippen LogP contribution < -0.4 is 3.53 Å². The number of nitrogens with one attached hydrogen (secondary N) is 1. The molecule has 0 heterocycles. The minimum absolute atomic E-state index is 0.0766. The molecule has 0 radical (unpaired) electrons. The third kappa shape index (κ3) is 2.48. The molecule has 0 aliphatic rings. The fourth-order valence-corrected chi connectivity index (χ4v) is 2.18. The Balaban J connectivity index is 3.22. The molecular weight excluding hydrogens is 357 g/mol. The van der Waals surface area contributed by atoms with Gasteiger partial charge >= 0.3 is 0 Å². The Hall–Kier alpha value is 0.350. The summed E-state index contributed by atoms with van der Waals surface area (Å²) in [5, 5.41) is 9.37. The predicted octanol–water partition coefficient (Wildman–Crippen LogP) is 2.90. The highest BCUT2D eigenvalue weighted by Crippen LogP contribution is 2.27. The maximum Gasteiger partial charge on any atom is 0.0729 e. The summed E-state index contributed by atoms with van der Waals surface area (Å²) < 4.78 is 4.14. The lowest BCUT2D eigenvalue weighted by atomic mass is 9.90. The number of aryl methyl sites for hydroxylation is 1. The number of benzene rings is 1. The molecule has 14 heavy (non-hydrogen) atoms. The van der Waals surface area contributed by atoms with Gasteiger partial charge in [-0.3, -0.25) is 0 Å². The Morgan fingerprint density at radius 3 is 2.71 bits per heavy atom. The lowest BCUT2D eigenvalue weighted by molar-refractivity contribution is 0.202. The maximum absolute atomic E-state index is 9.37. The number of rotatable bonds is 3. The molecule has 0 bridgehead atoms. The van der Waals surface area contributed by atoms with E-state index in [-0.39, 0.29) is 12.1 Å². The number of aliphatic hydroxyl groups excluding tert-OH is 1. The number of hydrogen-bond donors (Lipinski definition) is 2. The smallest absolute Gasteiger partial charge is 0.0729 e. The van der Waals surface area contributed by atoms with Gasteiger partial charge in [0, 0.05) is 27.3 Å². The molecule has 1 aromatic carbocycles. The van der Waals surface area contributed by atoms with Crippen LogP contribution in [-0.2, 0) is 5.54 Å². The molecule has 2 nitrogen and oxygen atoms in total. The molecule has 1 atom stereocenters. The van der Waals surface area contributed by atoms with Crippen molar-refractivity contribution >= 4 is 38.8 Å². The summed E-state index contributed by atoms with van der Waals surface area (Å²) in [4.78, 5) is 0. The van der Waals surface area contributed by atoms with Gasteiger partial charge in [0.2, 0.25) is 0 Å². The van der Waals surface area contributed by atoms with Crippen molar-refractivity contribution < 1.29 is 5.11 Å². The minimum Gasteiger partial charge on any atom is -0.394 e. The molecule has 78 valence electrons. The fourth-order valence-electron chi connectivity index (χ4n) is 1.35. The zero-order chi connectivity index (χ0) is 10.8. The third-order valence-electron chi connectivity index (χ3n) is 2.32. The van der Waals surface area contributed by atoms with Crippen molar-refractivity contribution in [2.24, 2.45) is 0 Å². The van der Waals surface area contributed by atoms with Crippen LogP contribution in [0.15, 0.2) is 22.7 Å². The monoisotopic (exact) mass is 369 g/mol. The second-order valence-corrected chi connectivity index (χ2v) is 5.00. The summed E-state index contributed by atoms with van der Waals surface area (Å²) in [6, 6.07) is 6.09. The van der Waals surface area contributed by atoms with E-state index < -0.39 is 0 Å². The summed E-state index contributed by atoms with van der Waals surface area (Å²) in [5.41, 5.74) is 1.91. The van der Waals surface area contributed by atoms with Crippen LogP contribution in [-0.4, -0.2) is 11.7 Å². The van der Waals surface area contributed by atoms with Gasteiger partial charge in [-0.05, 0) is 37.1 Å². The molecule has 1 rings (SSSR count). The van der Waals surface area contributed by atoms with Crippen molar-refractivity contribution in [2.75, 3.05) is 6.61 Å². The van der Waals surface area contributed by atoms with Gasteiger partial charge in [-0.1, -0.05) is 22.0 Å². The maximum atomic E-state index is 9.37. The highest BCUT2D eigenvalue weighted by atomic mass is 127. The molecular formula is C10H13BrINO. The van der Waals surface area contributed by atoms with Gasteiger partial charge in [0.25, 0.3) is 0 Å². The van der Waals surface area contributed by atoms with E-state index in [1.54, 1.807) is 0 Å². The van der Waals surface area contributed by atoms with Crippen LogP contribution in [0.3, 0.4) is 0 Å². The second-order valence-electron chi connectivity index (χ2n) is 3.54. The Kier molecular flexibility index (Phi) is 4.36. The first kappa shape index (κ1) is 12.4. The van der Waals surface area contributed by atoms with Crippen molar-refractivity contribution in [3.8, 4) is 0 Å². The van der Waals surface area contributed by atoms with E-state index in [1.165, 1.54) is 5.56 Å². The van der Waals surface area contributed by atoms with Crippen molar-refractivity contribution in [2.45, 2.75) is 19.4 Å². The Bertz CT molecular complexity index is 326. The molecule has 2 N–H and O–H groups in total. The molecule has 1 unspecified atom stereocenters. The van der Waals surface area contributed by atoms with Crippen LogP contribution in [0.25, 0.3) is 0 Å². The van der Waals surface area contributed by atoms with Crippen molar-refractivity contribution in [1.82, 2.24) is 3.53 Å². The molecule has 0 aliphatic carbocycles. The molecule has 0 aromatic heterocycles. The summed E-state index contributed by atoms with van der Waals surface area (Å²) in [7, 11) is 0. The fraction of sp³-hybridized carbons (Fsp3) is 0.400. The lowest BCUT2D eigenvalue weighted by Crippen LogP contribution is -2.37. The number of halogens is 2. The van der Waals surface area contributed by atoms with Crippen molar-refractivity contribution in [3.05, 3.63) is 33.8 Å². The Labute approximate surface area is 107 Å². The lowest BCUT2D eigenvalue weighted by Gasteiger charge is -2.28. The molecule has 1 aromatic rings. The van der Waals surface area contributed by atoms with Crippen LogP contribution in [0.5, 0.6) is 0 Å². The van der Waals surface area contributed by atoms with Crippen molar-refractivity contribution in [3.63, 3.8) is 0 Å². The average Bonchev–Trinajstić information content (AvgIpc) is 2.20.